The van der Waals surface area contributed by atoms with Crippen molar-refractivity contribution in [2.45, 2.75) is 91.0 Å². The van der Waals surface area contributed by atoms with Gasteiger partial charge in [0.15, 0.2) is 0 Å². The van der Waals surface area contributed by atoms with Crippen molar-refractivity contribution in [1.82, 2.24) is 10.2 Å². The van der Waals surface area contributed by atoms with Crippen LogP contribution in [0.3, 0.4) is 0 Å². The summed E-state index contributed by atoms with van der Waals surface area (Å²) in [5.74, 6) is -1.86. The molecule has 0 fully saturated rings. The summed E-state index contributed by atoms with van der Waals surface area (Å²) in [6.07, 6.45) is -0.730. The van der Waals surface area contributed by atoms with Crippen molar-refractivity contribution >= 4 is 41.1 Å². The van der Waals surface area contributed by atoms with Gasteiger partial charge < -0.3 is 31.1 Å². The first-order valence-electron chi connectivity index (χ1n) is 13.4. The first kappa shape index (κ1) is 33.4. The Balaban J connectivity index is 2.67. The number of ether oxygens (including phenoxy) is 1. The summed E-state index contributed by atoms with van der Waals surface area (Å²) in [4.78, 5) is 54.3. The van der Waals surface area contributed by atoms with Crippen LogP contribution in [0, 0.1) is 6.92 Å². The Morgan fingerprint density at radius 2 is 1.66 bits per heavy atom. The number of para-hydroxylation sites is 1. The summed E-state index contributed by atoms with van der Waals surface area (Å²) >= 11 is 6.40. The van der Waals surface area contributed by atoms with Crippen molar-refractivity contribution in [2.75, 3.05) is 5.32 Å². The van der Waals surface area contributed by atoms with E-state index in [1.54, 1.807) is 71.9 Å². The summed E-state index contributed by atoms with van der Waals surface area (Å²) in [5.41, 5.74) is 5.13. The van der Waals surface area contributed by atoms with Gasteiger partial charge in [0.1, 0.15) is 23.4 Å². The molecule has 224 valence electrons. The van der Waals surface area contributed by atoms with Crippen LogP contribution in [0.25, 0.3) is 0 Å². The van der Waals surface area contributed by atoms with E-state index in [0.717, 1.165) is 0 Å². The predicted molar refractivity (Wildman–Crippen MR) is 158 cm³/mol. The van der Waals surface area contributed by atoms with Crippen molar-refractivity contribution in [3.05, 3.63) is 58.6 Å². The number of alkyl carbamates (subject to hydrolysis) is 1. The minimum Gasteiger partial charge on any atom is -0.508 e. The van der Waals surface area contributed by atoms with Crippen LogP contribution < -0.4 is 16.4 Å². The number of benzene rings is 2. The molecule has 0 saturated carbocycles. The standard InChI is InChI=1S/C30H41ClN4O6/c1-8-30(6,7)35(27(39)22(16-17-23(32)37)33-28(40)41-29(3,4)5)25(19-12-14-20(36)15-13-19)26(38)34-24-18(2)10-9-11-21(24)31/h9-15,22,25,36H,8,16-17H2,1-7H3,(H2,32,37)(H,33,40)(H,34,38). The number of halogens is 1. The largest absolute Gasteiger partial charge is 0.508 e. The molecule has 0 radical (unpaired) electrons. The average molecular weight is 589 g/mol. The zero-order valence-electron chi connectivity index (χ0n) is 24.7. The Labute approximate surface area is 246 Å². The number of carbonyl (C=O) groups excluding carboxylic acids is 4. The van der Waals surface area contributed by atoms with Crippen LogP contribution in [0.15, 0.2) is 42.5 Å². The van der Waals surface area contributed by atoms with E-state index in [1.165, 1.54) is 17.0 Å². The van der Waals surface area contributed by atoms with Gasteiger partial charge in [-0.25, -0.2) is 4.79 Å². The first-order valence-corrected chi connectivity index (χ1v) is 13.8. The van der Waals surface area contributed by atoms with Gasteiger partial charge in [0.2, 0.25) is 11.8 Å². The summed E-state index contributed by atoms with van der Waals surface area (Å²) in [7, 11) is 0. The second kappa shape index (κ2) is 13.7. The third-order valence-corrected chi connectivity index (χ3v) is 6.92. The zero-order chi connectivity index (χ0) is 31.1. The molecule has 2 atom stereocenters. The van der Waals surface area contributed by atoms with Gasteiger partial charge in [-0.15, -0.1) is 0 Å². The molecule has 4 amide bonds. The lowest BCUT2D eigenvalue weighted by molar-refractivity contribution is -0.148. The molecule has 0 aliphatic heterocycles. The highest BCUT2D eigenvalue weighted by molar-refractivity contribution is 6.34. The number of phenols is 1. The van der Waals surface area contributed by atoms with Gasteiger partial charge in [0, 0.05) is 12.0 Å². The van der Waals surface area contributed by atoms with Gasteiger partial charge in [0.25, 0.3) is 5.91 Å². The molecule has 0 spiro atoms. The summed E-state index contributed by atoms with van der Waals surface area (Å²) in [6.45, 7) is 12.3. The highest BCUT2D eigenvalue weighted by atomic mass is 35.5. The molecule has 11 heteroatoms. The van der Waals surface area contributed by atoms with Crippen molar-refractivity contribution < 1.29 is 29.0 Å². The third kappa shape index (κ3) is 9.38. The molecule has 0 saturated heterocycles. The Morgan fingerprint density at radius 1 is 1.05 bits per heavy atom. The number of aromatic hydroxyl groups is 1. The number of carbonyl (C=O) groups is 4. The number of nitrogens with one attached hydrogen (secondary N) is 2. The molecule has 0 bridgehead atoms. The molecule has 41 heavy (non-hydrogen) atoms. The molecule has 0 aromatic heterocycles. The number of phenolic OH excluding ortho intramolecular Hbond substituents is 1. The van der Waals surface area contributed by atoms with E-state index in [4.69, 9.17) is 22.1 Å². The number of hydrogen-bond donors (Lipinski definition) is 4. The van der Waals surface area contributed by atoms with E-state index < -0.39 is 47.0 Å². The van der Waals surface area contributed by atoms with Crippen molar-refractivity contribution in [1.29, 1.82) is 0 Å². The monoisotopic (exact) mass is 588 g/mol. The summed E-state index contributed by atoms with van der Waals surface area (Å²) in [5, 5.41) is 15.7. The molecule has 0 aliphatic rings. The van der Waals surface area contributed by atoms with Crippen LogP contribution in [0.1, 0.15) is 78.0 Å². The van der Waals surface area contributed by atoms with Crippen LogP contribution in [-0.4, -0.2) is 51.0 Å². The quantitative estimate of drug-likeness (QED) is 0.283. The highest BCUT2D eigenvalue weighted by Gasteiger charge is 2.43. The highest BCUT2D eigenvalue weighted by Crippen LogP contribution is 2.35. The summed E-state index contributed by atoms with van der Waals surface area (Å²) < 4.78 is 5.37. The Kier molecular flexibility index (Phi) is 11.2. The molecular formula is C30H41ClN4O6. The second-order valence-corrected chi connectivity index (χ2v) is 11.9. The van der Waals surface area contributed by atoms with Crippen LogP contribution >= 0.6 is 11.6 Å². The first-order chi connectivity index (χ1) is 19.0. The van der Waals surface area contributed by atoms with Crippen LogP contribution in [0.2, 0.25) is 5.02 Å². The predicted octanol–water partition coefficient (Wildman–Crippen LogP) is 5.21. The molecule has 2 rings (SSSR count). The molecule has 2 unspecified atom stereocenters. The minimum atomic E-state index is -1.24. The number of anilines is 1. The van der Waals surface area contributed by atoms with E-state index >= 15 is 0 Å². The topological polar surface area (TPSA) is 151 Å². The van der Waals surface area contributed by atoms with Crippen LogP contribution in [-0.2, 0) is 19.1 Å². The molecular weight excluding hydrogens is 548 g/mol. The number of nitrogens with zero attached hydrogens (tertiary/aromatic N) is 1. The average Bonchev–Trinajstić information content (AvgIpc) is 2.86. The number of aryl methyl sites for hydroxylation is 1. The lowest BCUT2D eigenvalue weighted by atomic mass is 9.91. The number of hydrogen-bond acceptors (Lipinski definition) is 6. The SMILES string of the molecule is CCC(C)(C)N(C(=O)C(CCC(N)=O)NC(=O)OC(C)(C)C)C(C(=O)Nc1c(C)cccc1Cl)c1ccc(O)cc1. The zero-order valence-corrected chi connectivity index (χ0v) is 25.5. The van der Waals surface area contributed by atoms with E-state index in [-0.39, 0.29) is 18.6 Å². The van der Waals surface area contributed by atoms with Crippen molar-refractivity contribution in [2.24, 2.45) is 5.73 Å². The van der Waals surface area contributed by atoms with E-state index in [0.29, 0.717) is 28.3 Å². The van der Waals surface area contributed by atoms with Gasteiger partial charge >= 0.3 is 6.09 Å². The molecule has 10 nitrogen and oxygen atoms in total. The fraction of sp³-hybridized carbons (Fsp3) is 0.467. The van der Waals surface area contributed by atoms with E-state index in [9.17, 15) is 24.3 Å². The van der Waals surface area contributed by atoms with Crippen molar-refractivity contribution in [3.8, 4) is 5.75 Å². The minimum absolute atomic E-state index is 0.0200. The van der Waals surface area contributed by atoms with Gasteiger partial charge in [0.05, 0.1) is 10.7 Å². The van der Waals surface area contributed by atoms with Crippen molar-refractivity contribution in [3.63, 3.8) is 0 Å². The molecule has 2 aromatic rings. The van der Waals surface area contributed by atoms with Crippen LogP contribution in [0.4, 0.5) is 10.5 Å². The third-order valence-electron chi connectivity index (χ3n) is 6.61. The van der Waals surface area contributed by atoms with Gasteiger partial charge in [-0.2, -0.15) is 0 Å². The van der Waals surface area contributed by atoms with Gasteiger partial charge in [-0.05, 0) is 83.7 Å². The number of rotatable bonds is 11. The van der Waals surface area contributed by atoms with Gasteiger partial charge in [-0.1, -0.05) is 42.8 Å². The van der Waals surface area contributed by atoms with Gasteiger partial charge in [-0.3, -0.25) is 14.4 Å². The number of amides is 4. The fourth-order valence-electron chi connectivity index (χ4n) is 4.16. The summed E-state index contributed by atoms with van der Waals surface area (Å²) in [6, 6.07) is 8.66. The maximum atomic E-state index is 14.4. The Morgan fingerprint density at radius 3 is 2.17 bits per heavy atom. The number of nitrogens with two attached hydrogens (primary N) is 1. The fourth-order valence-corrected chi connectivity index (χ4v) is 4.43. The Bertz CT molecular complexity index is 1240. The van der Waals surface area contributed by atoms with E-state index in [2.05, 4.69) is 10.6 Å². The van der Waals surface area contributed by atoms with E-state index in [1.807, 2.05) is 6.92 Å². The lowest BCUT2D eigenvalue weighted by Crippen LogP contribution is -2.59. The molecule has 0 aliphatic carbocycles. The maximum Gasteiger partial charge on any atom is 0.408 e. The molecule has 5 N–H and O–H groups in total. The lowest BCUT2D eigenvalue weighted by Gasteiger charge is -2.44. The number of primary amides is 1. The second-order valence-electron chi connectivity index (χ2n) is 11.5. The smallest absolute Gasteiger partial charge is 0.408 e. The van der Waals surface area contributed by atoms with Crippen LogP contribution in [0.5, 0.6) is 5.75 Å². The molecule has 0 heterocycles. The maximum absolute atomic E-state index is 14.4. The normalized spacial score (nSPS) is 13.1. The Hall–Kier alpha value is -3.79. The molecule has 2 aromatic carbocycles.